The van der Waals surface area contributed by atoms with E-state index in [9.17, 15) is 10.1 Å². The van der Waals surface area contributed by atoms with Crippen LogP contribution < -0.4 is 10.1 Å². The Bertz CT molecular complexity index is 1150. The van der Waals surface area contributed by atoms with E-state index in [0.717, 1.165) is 42.7 Å². The Hall–Kier alpha value is -3.63. The number of carbonyl (C=O) groups excluding carboxylic acids is 1. The van der Waals surface area contributed by atoms with Crippen molar-refractivity contribution in [3.8, 4) is 23.1 Å². The summed E-state index contributed by atoms with van der Waals surface area (Å²) < 4.78 is 10.7. The Morgan fingerprint density at radius 3 is 2.82 bits per heavy atom. The lowest BCUT2D eigenvalue weighted by Crippen LogP contribution is -2.09. The summed E-state index contributed by atoms with van der Waals surface area (Å²) >= 11 is 1.38. The molecule has 0 amide bonds. The second kappa shape index (κ2) is 12.4. The third-order valence-electron chi connectivity index (χ3n) is 4.97. The molecule has 1 heterocycles. The quantitative estimate of drug-likeness (QED) is 0.198. The summed E-state index contributed by atoms with van der Waals surface area (Å²) in [5.41, 5.74) is 3.05. The number of nitriles is 1. The number of esters is 1. The van der Waals surface area contributed by atoms with Crippen LogP contribution in [0.3, 0.4) is 0 Å². The van der Waals surface area contributed by atoms with Gasteiger partial charge in [-0.25, -0.2) is 9.78 Å². The topological polar surface area (TPSA) is 84.2 Å². The molecule has 0 fully saturated rings. The Balaban J connectivity index is 1.72. The van der Waals surface area contributed by atoms with E-state index in [1.54, 1.807) is 31.5 Å². The van der Waals surface area contributed by atoms with Gasteiger partial charge >= 0.3 is 5.97 Å². The van der Waals surface area contributed by atoms with Crippen molar-refractivity contribution in [1.82, 2.24) is 4.98 Å². The highest BCUT2D eigenvalue weighted by Crippen LogP contribution is 2.28. The largest absolute Gasteiger partial charge is 0.497 e. The van der Waals surface area contributed by atoms with Crippen molar-refractivity contribution in [3.05, 3.63) is 70.7 Å². The summed E-state index contributed by atoms with van der Waals surface area (Å²) in [7, 11) is 1.62. The van der Waals surface area contributed by atoms with Crippen molar-refractivity contribution < 1.29 is 14.3 Å². The molecule has 3 rings (SSSR count). The van der Waals surface area contributed by atoms with Crippen LogP contribution in [0.4, 0.5) is 5.69 Å². The van der Waals surface area contributed by atoms with Gasteiger partial charge in [-0.15, -0.1) is 11.3 Å². The van der Waals surface area contributed by atoms with Crippen LogP contribution >= 0.6 is 11.3 Å². The number of nitrogens with one attached hydrogen (secondary N) is 1. The molecule has 0 aliphatic heterocycles. The predicted octanol–water partition coefficient (Wildman–Crippen LogP) is 6.53. The summed E-state index contributed by atoms with van der Waals surface area (Å²) in [5.74, 6) is 0.365. The molecule has 0 aliphatic rings. The predicted molar refractivity (Wildman–Crippen MR) is 132 cm³/mol. The number of allylic oxidation sites excluding steroid dienone is 1. The third-order valence-corrected chi connectivity index (χ3v) is 5.85. The fraction of sp³-hybridized carbons (Fsp3) is 0.269. The van der Waals surface area contributed by atoms with Gasteiger partial charge in [-0.05, 0) is 30.7 Å². The molecule has 170 valence electrons. The SMILES string of the molecule is CCCCCCOC(=O)c1ccccc1NC=C(C#N)c1nc(-c2cccc(OC)c2)cs1. The number of methoxy groups -OCH3 is 1. The minimum absolute atomic E-state index is 0.372. The van der Waals surface area contributed by atoms with Gasteiger partial charge in [0.2, 0.25) is 0 Å². The molecule has 1 aromatic heterocycles. The molecule has 0 saturated heterocycles. The Labute approximate surface area is 198 Å². The molecule has 0 spiro atoms. The molecule has 0 radical (unpaired) electrons. The number of unbranched alkanes of at least 4 members (excludes halogenated alkanes) is 3. The monoisotopic (exact) mass is 461 g/mol. The number of hydrogen-bond acceptors (Lipinski definition) is 7. The highest BCUT2D eigenvalue weighted by atomic mass is 32.1. The van der Waals surface area contributed by atoms with E-state index >= 15 is 0 Å². The Kier molecular flexibility index (Phi) is 9.04. The average molecular weight is 462 g/mol. The van der Waals surface area contributed by atoms with Gasteiger partial charge in [-0.2, -0.15) is 5.26 Å². The summed E-state index contributed by atoms with van der Waals surface area (Å²) in [6.07, 6.45) is 5.74. The van der Waals surface area contributed by atoms with E-state index in [-0.39, 0.29) is 5.97 Å². The molecule has 2 aromatic carbocycles. The Morgan fingerprint density at radius 2 is 2.03 bits per heavy atom. The maximum Gasteiger partial charge on any atom is 0.340 e. The van der Waals surface area contributed by atoms with Crippen LogP contribution in [0.1, 0.15) is 48.0 Å². The highest BCUT2D eigenvalue weighted by molar-refractivity contribution is 7.11. The second-order valence-corrected chi connectivity index (χ2v) is 8.18. The minimum atomic E-state index is -0.379. The van der Waals surface area contributed by atoms with Crippen molar-refractivity contribution in [2.45, 2.75) is 32.6 Å². The number of para-hydroxylation sites is 1. The van der Waals surface area contributed by atoms with Crippen molar-refractivity contribution in [2.24, 2.45) is 0 Å². The molecule has 7 heteroatoms. The second-order valence-electron chi connectivity index (χ2n) is 7.33. The van der Waals surface area contributed by atoms with E-state index in [0.29, 0.717) is 28.4 Å². The molecule has 0 aliphatic carbocycles. The lowest BCUT2D eigenvalue weighted by molar-refractivity contribution is 0.0499. The van der Waals surface area contributed by atoms with Crippen molar-refractivity contribution >= 4 is 28.6 Å². The van der Waals surface area contributed by atoms with Crippen LogP contribution in [0.2, 0.25) is 0 Å². The van der Waals surface area contributed by atoms with E-state index in [2.05, 4.69) is 23.3 Å². The van der Waals surface area contributed by atoms with E-state index < -0.39 is 0 Å². The van der Waals surface area contributed by atoms with Crippen LogP contribution in [0.25, 0.3) is 16.8 Å². The van der Waals surface area contributed by atoms with Gasteiger partial charge in [0, 0.05) is 17.1 Å². The van der Waals surface area contributed by atoms with Crippen LogP contribution in [0, 0.1) is 11.3 Å². The molecular weight excluding hydrogens is 434 g/mol. The van der Waals surface area contributed by atoms with Gasteiger partial charge in [0.25, 0.3) is 0 Å². The molecular formula is C26H27N3O3S. The molecule has 1 N–H and O–H groups in total. The number of ether oxygens (including phenoxy) is 2. The summed E-state index contributed by atoms with van der Waals surface area (Å²) in [4.78, 5) is 17.1. The molecule has 0 atom stereocenters. The first kappa shape index (κ1) is 24.0. The van der Waals surface area contributed by atoms with Crippen molar-refractivity contribution in [3.63, 3.8) is 0 Å². The zero-order valence-corrected chi connectivity index (χ0v) is 19.7. The van der Waals surface area contributed by atoms with Crippen LogP contribution in [-0.2, 0) is 4.74 Å². The van der Waals surface area contributed by atoms with Crippen LogP contribution in [0.15, 0.2) is 60.1 Å². The smallest absolute Gasteiger partial charge is 0.340 e. The number of nitrogens with zero attached hydrogens (tertiary/aromatic N) is 2. The summed E-state index contributed by atoms with van der Waals surface area (Å²) in [6.45, 7) is 2.54. The fourth-order valence-electron chi connectivity index (χ4n) is 3.16. The maximum absolute atomic E-state index is 12.5. The lowest BCUT2D eigenvalue weighted by Gasteiger charge is -2.09. The summed E-state index contributed by atoms with van der Waals surface area (Å²) in [6, 6.07) is 16.9. The lowest BCUT2D eigenvalue weighted by atomic mass is 10.1. The van der Waals surface area contributed by atoms with Crippen LogP contribution in [0.5, 0.6) is 5.75 Å². The van der Waals surface area contributed by atoms with Gasteiger partial charge < -0.3 is 14.8 Å². The zero-order valence-electron chi connectivity index (χ0n) is 18.8. The highest BCUT2D eigenvalue weighted by Gasteiger charge is 2.13. The number of thiazole rings is 1. The number of aromatic nitrogens is 1. The number of anilines is 1. The standard InChI is InChI=1S/C26H27N3O3S/c1-3-4-5-8-14-32-26(30)22-12-6-7-13-23(22)28-17-20(16-27)25-29-24(18-33-25)19-10-9-11-21(15-19)31-2/h6-7,9-13,15,17-18,28H,3-5,8,14H2,1-2H3. The average Bonchev–Trinajstić information content (AvgIpc) is 3.34. The minimum Gasteiger partial charge on any atom is -0.497 e. The molecule has 3 aromatic rings. The number of hydrogen-bond donors (Lipinski definition) is 1. The van der Waals surface area contributed by atoms with Gasteiger partial charge in [0.15, 0.2) is 0 Å². The van der Waals surface area contributed by atoms with Gasteiger partial charge in [-0.1, -0.05) is 50.5 Å². The van der Waals surface area contributed by atoms with Crippen LogP contribution in [-0.4, -0.2) is 24.7 Å². The zero-order chi connectivity index (χ0) is 23.5. The van der Waals surface area contributed by atoms with E-state index in [4.69, 9.17) is 9.47 Å². The van der Waals surface area contributed by atoms with Gasteiger partial charge in [-0.3, -0.25) is 0 Å². The first-order valence-electron chi connectivity index (χ1n) is 10.9. The number of carbonyl (C=O) groups is 1. The third kappa shape index (κ3) is 6.67. The van der Waals surface area contributed by atoms with Gasteiger partial charge in [0.05, 0.1) is 30.7 Å². The Morgan fingerprint density at radius 1 is 1.18 bits per heavy atom. The molecule has 33 heavy (non-hydrogen) atoms. The summed E-state index contributed by atoms with van der Waals surface area (Å²) in [5, 5.41) is 15.2. The first-order chi connectivity index (χ1) is 16.2. The fourth-order valence-corrected chi connectivity index (χ4v) is 3.96. The van der Waals surface area contributed by atoms with E-state index in [1.165, 1.54) is 11.3 Å². The van der Waals surface area contributed by atoms with Crippen molar-refractivity contribution in [2.75, 3.05) is 19.0 Å². The first-order valence-corrected chi connectivity index (χ1v) is 11.8. The molecule has 0 saturated carbocycles. The molecule has 6 nitrogen and oxygen atoms in total. The number of rotatable bonds is 11. The normalized spacial score (nSPS) is 11.0. The van der Waals surface area contributed by atoms with E-state index in [1.807, 2.05) is 35.7 Å². The van der Waals surface area contributed by atoms with Crippen molar-refractivity contribution in [1.29, 1.82) is 5.26 Å². The maximum atomic E-state index is 12.5. The molecule has 0 unspecified atom stereocenters. The molecule has 0 bridgehead atoms. The van der Waals surface area contributed by atoms with Gasteiger partial charge in [0.1, 0.15) is 22.4 Å². The number of benzene rings is 2.